The van der Waals surface area contributed by atoms with E-state index in [9.17, 15) is 19.4 Å². The van der Waals surface area contributed by atoms with Crippen molar-refractivity contribution in [2.75, 3.05) is 33.3 Å². The van der Waals surface area contributed by atoms with Crippen molar-refractivity contribution in [2.45, 2.75) is 66.4 Å². The quantitative estimate of drug-likeness (QED) is 0.0999. The summed E-state index contributed by atoms with van der Waals surface area (Å²) in [5, 5.41) is 14.5. The first-order chi connectivity index (χ1) is 23.5. The van der Waals surface area contributed by atoms with Gasteiger partial charge in [-0.15, -0.1) is 0 Å². The molecule has 1 saturated heterocycles. The molecule has 264 valence electrons. The molecule has 0 unspecified atom stereocenters. The molecule has 1 amide bonds. The van der Waals surface area contributed by atoms with Crippen molar-refractivity contribution in [3.63, 3.8) is 0 Å². The number of rotatable bonds is 10. The Morgan fingerprint density at radius 2 is 1.72 bits per heavy atom. The van der Waals surface area contributed by atoms with Gasteiger partial charge in [-0.1, -0.05) is 6.07 Å². The number of phosphoric ester groups is 1. The van der Waals surface area contributed by atoms with E-state index in [-0.39, 0.29) is 35.6 Å². The molecule has 1 aliphatic heterocycles. The van der Waals surface area contributed by atoms with E-state index in [1.54, 1.807) is 72.9 Å². The van der Waals surface area contributed by atoms with Gasteiger partial charge in [0.1, 0.15) is 35.8 Å². The molecule has 5 heterocycles. The monoisotopic (exact) mass is 706 g/mol. The minimum Gasteiger partial charge on any atom is -0.494 e. The van der Waals surface area contributed by atoms with Crippen molar-refractivity contribution < 1.29 is 37.0 Å². The van der Waals surface area contributed by atoms with E-state index < -0.39 is 37.4 Å². The van der Waals surface area contributed by atoms with Gasteiger partial charge in [0, 0.05) is 12.4 Å². The molecule has 0 atom stereocenters. The average molecular weight is 707 g/mol. The van der Waals surface area contributed by atoms with Crippen LogP contribution in [0.25, 0.3) is 16.7 Å². The predicted molar refractivity (Wildman–Crippen MR) is 181 cm³/mol. The van der Waals surface area contributed by atoms with Crippen LogP contribution >= 0.6 is 7.82 Å². The summed E-state index contributed by atoms with van der Waals surface area (Å²) in [4.78, 5) is 42.4. The van der Waals surface area contributed by atoms with Crippen molar-refractivity contribution in [3.05, 3.63) is 60.2 Å². The average Bonchev–Trinajstić information content (AvgIpc) is 3.66. The van der Waals surface area contributed by atoms with Crippen LogP contribution in [-0.2, 0) is 29.7 Å². The summed E-state index contributed by atoms with van der Waals surface area (Å²) in [5.74, 6) is -0.610. The molecular formula is C33H41N9O7P+. The third-order valence-corrected chi connectivity index (χ3v) is 9.32. The Hall–Kier alpha value is -4.81. The number of carbonyl (C=O) groups is 2. The number of methoxy groups -OCH3 is 1. The molecule has 0 spiro atoms. The highest BCUT2D eigenvalue weighted by Crippen LogP contribution is 2.55. The van der Waals surface area contributed by atoms with E-state index in [2.05, 4.69) is 26.1 Å². The van der Waals surface area contributed by atoms with Crippen molar-refractivity contribution >= 4 is 36.1 Å². The second-order valence-electron chi connectivity index (χ2n) is 13.5. The highest BCUT2D eigenvalue weighted by Gasteiger charge is 2.38. The highest BCUT2D eigenvalue weighted by atomic mass is 31.2. The maximum absolute atomic E-state index is 14.1. The molecule has 5 rings (SSSR count). The Kier molecular flexibility index (Phi) is 10.4. The van der Waals surface area contributed by atoms with Crippen LogP contribution in [0, 0.1) is 18.3 Å². The zero-order valence-corrected chi connectivity index (χ0v) is 30.3. The smallest absolute Gasteiger partial charge is 0.477 e. The van der Waals surface area contributed by atoms with Gasteiger partial charge in [0.2, 0.25) is 0 Å². The predicted octanol–water partition coefficient (Wildman–Crippen LogP) is 4.09. The lowest BCUT2D eigenvalue weighted by atomic mass is 10.1. The van der Waals surface area contributed by atoms with Gasteiger partial charge in [0.05, 0.1) is 48.5 Å². The van der Waals surface area contributed by atoms with Gasteiger partial charge in [-0.2, -0.15) is 10.4 Å². The lowest BCUT2D eigenvalue weighted by Crippen LogP contribution is -2.48. The molecule has 1 fully saturated rings. The molecule has 0 aliphatic carbocycles. The summed E-state index contributed by atoms with van der Waals surface area (Å²) in [6, 6.07) is 7.52. The van der Waals surface area contributed by atoms with Gasteiger partial charge in [-0.3, -0.25) is 23.2 Å². The number of nitrogens with zero attached hydrogens (tertiary/aromatic N) is 9. The number of nitriles is 1. The van der Waals surface area contributed by atoms with Crippen molar-refractivity contribution in [2.24, 2.45) is 0 Å². The molecule has 50 heavy (non-hydrogen) atoms. The standard InChI is InChI=1S/C33H41N9O7P/c1-22-37-20-42(38-22)30-28-27(26(46-8)18-36-30)23(19-41(28)21-47-50(45,48-32(2,3)4)49-33(5,6)7)29(43)31(44)40-15-13-39(14-16-40)25(17-34)24-11-9-10-12-35-24/h9-12,18-20H,13-16,21H2,1-8H3/q+1. The van der Waals surface area contributed by atoms with Crippen molar-refractivity contribution in [1.82, 2.24) is 34.2 Å². The van der Waals surface area contributed by atoms with Crippen LogP contribution in [0.15, 0.2) is 43.1 Å². The summed E-state index contributed by atoms with van der Waals surface area (Å²) < 4.78 is 41.9. The van der Waals surface area contributed by atoms with Crippen molar-refractivity contribution in [3.8, 4) is 17.6 Å². The van der Waals surface area contributed by atoms with E-state index in [1.807, 2.05) is 4.58 Å². The van der Waals surface area contributed by atoms with Crippen LogP contribution < -0.4 is 4.74 Å². The maximum Gasteiger partial charge on any atom is 0.477 e. The third-order valence-electron chi connectivity index (χ3n) is 7.35. The van der Waals surface area contributed by atoms with Gasteiger partial charge in [0.15, 0.2) is 25.0 Å². The van der Waals surface area contributed by atoms with Crippen LogP contribution in [-0.4, -0.2) is 101 Å². The maximum atomic E-state index is 14.1. The first kappa shape index (κ1) is 36.5. The lowest BCUT2D eigenvalue weighted by molar-refractivity contribution is -0.536. The fraction of sp³-hybridized carbons (Fsp3) is 0.455. The molecule has 1 aliphatic rings. The summed E-state index contributed by atoms with van der Waals surface area (Å²) in [5.41, 5.74) is -0.552. The molecule has 0 N–H and O–H groups in total. The largest absolute Gasteiger partial charge is 0.494 e. The molecule has 4 aromatic rings. The second-order valence-corrected chi connectivity index (χ2v) is 15.0. The van der Waals surface area contributed by atoms with Gasteiger partial charge >= 0.3 is 13.5 Å². The SMILES string of the molecule is COc1cnc(-n2cnc(C)n2)c2c1c(C(=O)C(=O)N1CC[N+](=C(C#N)c3ccccn3)CC1)cn2COP(=O)(OC(C)(C)C)OC(C)(C)C. The highest BCUT2D eigenvalue weighted by molar-refractivity contribution is 7.48. The molecule has 17 heteroatoms. The molecule has 4 aromatic heterocycles. The zero-order valence-electron chi connectivity index (χ0n) is 29.4. The van der Waals surface area contributed by atoms with E-state index in [0.29, 0.717) is 35.8 Å². The van der Waals surface area contributed by atoms with Crippen LogP contribution in [0.1, 0.15) is 63.4 Å². The Morgan fingerprint density at radius 1 is 1.04 bits per heavy atom. The third kappa shape index (κ3) is 8.14. The first-order valence-corrected chi connectivity index (χ1v) is 17.4. The number of aromatic nitrogens is 6. The van der Waals surface area contributed by atoms with Gasteiger partial charge in [-0.25, -0.2) is 28.8 Å². The van der Waals surface area contributed by atoms with Gasteiger partial charge in [-0.05, 0) is 60.6 Å². The van der Waals surface area contributed by atoms with E-state index >= 15 is 0 Å². The first-order valence-electron chi connectivity index (χ1n) is 15.9. The number of hydrogen-bond acceptors (Lipinski definition) is 12. The Labute approximate surface area is 289 Å². The second kappa shape index (κ2) is 14.2. The fourth-order valence-corrected chi connectivity index (χ4v) is 7.15. The number of Topliss-reactive ketones (excluding diaryl/α,β-unsaturated/α-hetero) is 1. The van der Waals surface area contributed by atoms with E-state index in [4.69, 9.17) is 18.3 Å². The van der Waals surface area contributed by atoms with Crippen LogP contribution in [0.3, 0.4) is 0 Å². The van der Waals surface area contributed by atoms with Gasteiger partial charge in [0.25, 0.3) is 11.7 Å². The molecule has 0 radical (unpaired) electrons. The topological polar surface area (TPSA) is 180 Å². The van der Waals surface area contributed by atoms with E-state index in [1.165, 1.54) is 40.0 Å². The number of ketones is 1. The number of phosphoric acid groups is 1. The summed E-state index contributed by atoms with van der Waals surface area (Å²) in [6.45, 7) is 12.7. The number of fused-ring (bicyclic) bond motifs is 1. The summed E-state index contributed by atoms with van der Waals surface area (Å²) in [7, 11) is -2.78. The molecule has 16 nitrogen and oxygen atoms in total. The summed E-state index contributed by atoms with van der Waals surface area (Å²) >= 11 is 0. The number of aryl methyl sites for hydroxylation is 1. The zero-order chi connectivity index (χ0) is 36.4. The number of ether oxygens (including phenoxy) is 1. The van der Waals surface area contributed by atoms with E-state index in [0.717, 1.165) is 0 Å². The molecule has 0 aromatic carbocycles. The number of pyridine rings is 2. The Morgan fingerprint density at radius 3 is 2.26 bits per heavy atom. The normalized spacial score (nSPS) is 14.1. The number of hydrogen-bond donors (Lipinski definition) is 0. The minimum atomic E-state index is -4.20. The number of piperazine rings is 1. The fourth-order valence-electron chi connectivity index (χ4n) is 5.40. The molecule has 0 saturated carbocycles. The number of carbonyl (C=O) groups excluding carboxylic acids is 2. The minimum absolute atomic E-state index is 0.00874. The van der Waals surface area contributed by atoms with Crippen LogP contribution in [0.2, 0.25) is 0 Å². The molecular weight excluding hydrogens is 665 g/mol. The van der Waals surface area contributed by atoms with Crippen LogP contribution in [0.4, 0.5) is 0 Å². The van der Waals surface area contributed by atoms with Gasteiger partial charge < -0.3 is 14.2 Å². The lowest BCUT2D eigenvalue weighted by Gasteiger charge is -2.31. The molecule has 0 bridgehead atoms. The Bertz CT molecular complexity index is 2010. The van der Waals surface area contributed by atoms with Crippen molar-refractivity contribution in [1.29, 1.82) is 5.26 Å². The Balaban J connectivity index is 1.54. The van der Waals surface area contributed by atoms with Crippen LogP contribution in [0.5, 0.6) is 5.75 Å². The number of amides is 1. The summed E-state index contributed by atoms with van der Waals surface area (Å²) in [6.07, 6.45) is 5.93.